The maximum absolute atomic E-state index is 12.0. The van der Waals surface area contributed by atoms with E-state index in [1.807, 2.05) is 90.6 Å². The Morgan fingerprint density at radius 1 is 1.00 bits per heavy atom. The van der Waals surface area contributed by atoms with Gasteiger partial charge in [-0.1, -0.05) is 30.3 Å². The van der Waals surface area contributed by atoms with Gasteiger partial charge in [0, 0.05) is 18.1 Å². The lowest BCUT2D eigenvalue weighted by molar-refractivity contribution is -0.123. The topological polar surface area (TPSA) is 43.3 Å². The monoisotopic (exact) mass is 320 g/mol. The summed E-state index contributed by atoms with van der Waals surface area (Å²) in [6.45, 7) is 1.97. The zero-order chi connectivity index (χ0) is 16.8. The van der Waals surface area contributed by atoms with Crippen LogP contribution in [-0.4, -0.2) is 17.1 Å². The fraction of sp³-hybridized carbons (Fsp3) is 0.150. The quantitative estimate of drug-likeness (QED) is 0.752. The fourth-order valence-electron chi connectivity index (χ4n) is 2.47. The highest BCUT2D eigenvalue weighted by atomic mass is 16.5. The summed E-state index contributed by atoms with van der Waals surface area (Å²) in [4.78, 5) is 12.0. The minimum atomic E-state index is -0.138. The van der Waals surface area contributed by atoms with Crippen LogP contribution in [0.1, 0.15) is 18.5 Å². The maximum Gasteiger partial charge on any atom is 0.258 e. The van der Waals surface area contributed by atoms with Gasteiger partial charge >= 0.3 is 0 Å². The van der Waals surface area contributed by atoms with Crippen LogP contribution in [0, 0.1) is 0 Å². The molecule has 24 heavy (non-hydrogen) atoms. The number of carbonyl (C=O) groups excluding carboxylic acids is 1. The van der Waals surface area contributed by atoms with E-state index in [0.717, 1.165) is 11.3 Å². The van der Waals surface area contributed by atoms with E-state index in [2.05, 4.69) is 5.32 Å². The van der Waals surface area contributed by atoms with E-state index in [1.54, 1.807) is 0 Å². The van der Waals surface area contributed by atoms with Crippen LogP contribution in [0.2, 0.25) is 0 Å². The van der Waals surface area contributed by atoms with Crippen LogP contribution in [0.4, 0.5) is 0 Å². The second-order valence-electron chi connectivity index (χ2n) is 5.57. The van der Waals surface area contributed by atoms with Crippen LogP contribution in [0.15, 0.2) is 79.1 Å². The third-order valence-corrected chi connectivity index (χ3v) is 3.79. The molecule has 0 aliphatic rings. The lowest BCUT2D eigenvalue weighted by atomic mass is 10.1. The summed E-state index contributed by atoms with van der Waals surface area (Å²) in [6.07, 6.45) is 4.00. The molecule has 1 amide bonds. The molecule has 1 heterocycles. The summed E-state index contributed by atoms with van der Waals surface area (Å²) in [7, 11) is 0. The Morgan fingerprint density at radius 3 is 2.33 bits per heavy atom. The molecular weight excluding hydrogens is 300 g/mol. The van der Waals surface area contributed by atoms with Crippen molar-refractivity contribution in [2.24, 2.45) is 0 Å². The smallest absolute Gasteiger partial charge is 0.258 e. The number of para-hydroxylation sites is 1. The van der Waals surface area contributed by atoms with Crippen LogP contribution in [-0.2, 0) is 4.79 Å². The number of hydrogen-bond donors (Lipinski definition) is 1. The first-order valence-electron chi connectivity index (χ1n) is 7.93. The number of nitrogens with one attached hydrogen (secondary N) is 1. The molecule has 0 saturated heterocycles. The summed E-state index contributed by atoms with van der Waals surface area (Å²) >= 11 is 0. The van der Waals surface area contributed by atoms with Gasteiger partial charge in [0.25, 0.3) is 5.91 Å². The molecule has 0 saturated carbocycles. The van der Waals surface area contributed by atoms with Gasteiger partial charge in [0.05, 0.1) is 6.04 Å². The van der Waals surface area contributed by atoms with E-state index in [0.29, 0.717) is 5.75 Å². The van der Waals surface area contributed by atoms with Crippen LogP contribution in [0.3, 0.4) is 0 Å². The Hall–Kier alpha value is -3.01. The van der Waals surface area contributed by atoms with Crippen molar-refractivity contribution in [2.75, 3.05) is 6.61 Å². The number of ether oxygens (including phenoxy) is 1. The van der Waals surface area contributed by atoms with Crippen LogP contribution < -0.4 is 10.1 Å². The molecule has 0 spiro atoms. The van der Waals surface area contributed by atoms with Crippen molar-refractivity contribution in [1.82, 2.24) is 9.88 Å². The molecule has 0 aliphatic carbocycles. The van der Waals surface area contributed by atoms with Crippen LogP contribution in [0.25, 0.3) is 5.69 Å². The molecule has 4 heteroatoms. The highest BCUT2D eigenvalue weighted by Gasteiger charge is 2.10. The standard InChI is InChI=1S/C20H20N2O2/c1-16(21-20(23)15-24-19-7-3-2-4-8-19)17-9-11-18(12-10-17)22-13-5-6-14-22/h2-14,16H,15H2,1H3,(H,21,23). The molecule has 1 atom stereocenters. The highest BCUT2D eigenvalue weighted by Crippen LogP contribution is 2.16. The predicted molar refractivity (Wildman–Crippen MR) is 94.3 cm³/mol. The fourth-order valence-corrected chi connectivity index (χ4v) is 2.47. The molecule has 122 valence electrons. The summed E-state index contributed by atoms with van der Waals surface area (Å²) in [5.74, 6) is 0.553. The first-order valence-corrected chi connectivity index (χ1v) is 7.93. The number of carbonyl (C=O) groups is 1. The Kier molecular flexibility index (Phi) is 4.96. The van der Waals surface area contributed by atoms with E-state index in [9.17, 15) is 4.79 Å². The average molecular weight is 320 g/mol. The lowest BCUT2D eigenvalue weighted by Crippen LogP contribution is -2.31. The van der Waals surface area contributed by atoms with Crippen molar-refractivity contribution in [3.8, 4) is 11.4 Å². The van der Waals surface area contributed by atoms with Gasteiger partial charge in [-0.3, -0.25) is 4.79 Å². The predicted octanol–water partition coefficient (Wildman–Crippen LogP) is 3.73. The van der Waals surface area contributed by atoms with Gasteiger partial charge in [-0.05, 0) is 48.9 Å². The zero-order valence-corrected chi connectivity index (χ0v) is 13.6. The number of benzene rings is 2. The van der Waals surface area contributed by atoms with Crippen molar-refractivity contribution in [2.45, 2.75) is 13.0 Å². The van der Waals surface area contributed by atoms with Gasteiger partial charge < -0.3 is 14.6 Å². The molecule has 0 fully saturated rings. The van der Waals surface area contributed by atoms with E-state index in [-0.39, 0.29) is 18.6 Å². The Balaban J connectivity index is 1.54. The first-order chi connectivity index (χ1) is 11.7. The molecule has 0 bridgehead atoms. The normalized spacial score (nSPS) is 11.7. The number of hydrogen-bond acceptors (Lipinski definition) is 2. The van der Waals surface area contributed by atoms with Gasteiger partial charge in [0.15, 0.2) is 6.61 Å². The maximum atomic E-state index is 12.0. The van der Waals surface area contributed by atoms with Crippen molar-refractivity contribution < 1.29 is 9.53 Å². The summed E-state index contributed by atoms with van der Waals surface area (Å²) in [6, 6.07) is 21.4. The molecule has 3 rings (SSSR count). The summed E-state index contributed by atoms with van der Waals surface area (Å²) in [5.41, 5.74) is 2.15. The molecule has 0 aliphatic heterocycles. The van der Waals surface area contributed by atoms with Gasteiger partial charge in [0.2, 0.25) is 0 Å². The minimum absolute atomic E-state index is 0.00973. The van der Waals surface area contributed by atoms with E-state index < -0.39 is 0 Å². The van der Waals surface area contributed by atoms with Gasteiger partial charge in [-0.15, -0.1) is 0 Å². The summed E-state index contributed by atoms with van der Waals surface area (Å²) in [5, 5.41) is 2.95. The lowest BCUT2D eigenvalue weighted by Gasteiger charge is -2.15. The third-order valence-electron chi connectivity index (χ3n) is 3.79. The van der Waals surface area contributed by atoms with E-state index in [1.165, 1.54) is 0 Å². The number of amides is 1. The number of nitrogens with zero attached hydrogens (tertiary/aromatic N) is 1. The molecule has 4 nitrogen and oxygen atoms in total. The third kappa shape index (κ3) is 4.04. The Morgan fingerprint density at radius 2 is 1.67 bits per heavy atom. The second kappa shape index (κ2) is 7.51. The highest BCUT2D eigenvalue weighted by molar-refractivity contribution is 5.78. The summed E-state index contributed by atoms with van der Waals surface area (Å²) < 4.78 is 7.50. The number of rotatable bonds is 6. The molecule has 1 N–H and O–H groups in total. The van der Waals surface area contributed by atoms with Crippen LogP contribution >= 0.6 is 0 Å². The Bertz CT molecular complexity index is 765. The van der Waals surface area contributed by atoms with E-state index >= 15 is 0 Å². The van der Waals surface area contributed by atoms with Crippen molar-refractivity contribution in [1.29, 1.82) is 0 Å². The molecule has 3 aromatic rings. The minimum Gasteiger partial charge on any atom is -0.484 e. The SMILES string of the molecule is CC(NC(=O)COc1ccccc1)c1ccc(-n2cccc2)cc1. The van der Waals surface area contributed by atoms with Gasteiger partial charge in [-0.25, -0.2) is 0 Å². The molecular formula is C20H20N2O2. The van der Waals surface area contributed by atoms with Gasteiger partial charge in [0.1, 0.15) is 5.75 Å². The second-order valence-corrected chi connectivity index (χ2v) is 5.57. The molecule has 2 aromatic carbocycles. The van der Waals surface area contributed by atoms with Crippen molar-refractivity contribution in [3.63, 3.8) is 0 Å². The van der Waals surface area contributed by atoms with Crippen LogP contribution in [0.5, 0.6) is 5.75 Å². The van der Waals surface area contributed by atoms with Crippen molar-refractivity contribution >= 4 is 5.91 Å². The van der Waals surface area contributed by atoms with Crippen molar-refractivity contribution in [3.05, 3.63) is 84.7 Å². The first kappa shape index (κ1) is 15.9. The van der Waals surface area contributed by atoms with E-state index in [4.69, 9.17) is 4.74 Å². The number of aromatic nitrogens is 1. The molecule has 0 radical (unpaired) electrons. The molecule has 1 unspecified atom stereocenters. The van der Waals surface area contributed by atoms with Gasteiger partial charge in [-0.2, -0.15) is 0 Å². The zero-order valence-electron chi connectivity index (χ0n) is 13.6. The molecule has 1 aromatic heterocycles. The largest absolute Gasteiger partial charge is 0.484 e. The Labute approximate surface area is 141 Å². The average Bonchev–Trinajstić information content (AvgIpc) is 3.16.